The second kappa shape index (κ2) is 4.78. The van der Waals surface area contributed by atoms with Crippen molar-refractivity contribution in [1.82, 2.24) is 15.7 Å². The van der Waals surface area contributed by atoms with Gasteiger partial charge in [-0.2, -0.15) is 0 Å². The first-order valence-electron chi connectivity index (χ1n) is 3.88. The van der Waals surface area contributed by atoms with Gasteiger partial charge in [0, 0.05) is 18.3 Å². The molecule has 5 nitrogen and oxygen atoms in total. The van der Waals surface area contributed by atoms with Crippen LogP contribution in [0.2, 0.25) is 0 Å². The molecular weight excluding hydrogens is 188 g/mol. The normalized spacial score (nSPS) is 9.69. The summed E-state index contributed by atoms with van der Waals surface area (Å²) >= 11 is 1.60. The number of nitrogens with one attached hydrogen (secondary N) is 2. The third-order valence-corrected chi connectivity index (χ3v) is 2.29. The lowest BCUT2D eigenvalue weighted by molar-refractivity contribution is 0.241. The predicted octanol–water partition coefficient (Wildman–Crippen LogP) is 0.167. The van der Waals surface area contributed by atoms with Gasteiger partial charge in [0.1, 0.15) is 0 Å². The van der Waals surface area contributed by atoms with E-state index in [1.807, 2.05) is 17.7 Å². The zero-order chi connectivity index (χ0) is 9.68. The summed E-state index contributed by atoms with van der Waals surface area (Å²) in [7, 11) is 0. The molecule has 1 aromatic rings. The SMILES string of the molecule is Cc1nc(CCNC(=O)NN)cs1. The molecule has 6 heteroatoms. The molecule has 0 bridgehead atoms. The molecule has 1 heterocycles. The molecule has 0 aromatic carbocycles. The number of thiazole rings is 1. The van der Waals surface area contributed by atoms with E-state index in [2.05, 4.69) is 10.3 Å². The highest BCUT2D eigenvalue weighted by atomic mass is 32.1. The van der Waals surface area contributed by atoms with Crippen LogP contribution in [0.25, 0.3) is 0 Å². The lowest BCUT2D eigenvalue weighted by atomic mass is 10.3. The summed E-state index contributed by atoms with van der Waals surface area (Å²) in [6.45, 7) is 2.50. The number of nitrogens with zero attached hydrogens (tertiary/aromatic N) is 1. The van der Waals surface area contributed by atoms with Crippen molar-refractivity contribution in [2.45, 2.75) is 13.3 Å². The lowest BCUT2D eigenvalue weighted by Crippen LogP contribution is -2.40. The van der Waals surface area contributed by atoms with Gasteiger partial charge in [-0.3, -0.25) is 5.43 Å². The summed E-state index contributed by atoms with van der Waals surface area (Å²) < 4.78 is 0. The Hall–Kier alpha value is -1.14. The first kappa shape index (κ1) is 9.94. The molecule has 2 amide bonds. The maximum Gasteiger partial charge on any atom is 0.328 e. The van der Waals surface area contributed by atoms with Crippen LogP contribution >= 0.6 is 11.3 Å². The van der Waals surface area contributed by atoms with Crippen LogP contribution in [-0.2, 0) is 6.42 Å². The van der Waals surface area contributed by atoms with Crippen molar-refractivity contribution in [3.63, 3.8) is 0 Å². The highest BCUT2D eigenvalue weighted by molar-refractivity contribution is 7.09. The molecule has 0 saturated heterocycles. The third kappa shape index (κ3) is 3.39. The maximum atomic E-state index is 10.6. The van der Waals surface area contributed by atoms with E-state index in [1.54, 1.807) is 11.3 Å². The van der Waals surface area contributed by atoms with Crippen molar-refractivity contribution < 1.29 is 4.79 Å². The van der Waals surface area contributed by atoms with Gasteiger partial charge in [-0.05, 0) is 6.92 Å². The summed E-state index contributed by atoms with van der Waals surface area (Å²) in [6.07, 6.45) is 0.734. The van der Waals surface area contributed by atoms with E-state index in [9.17, 15) is 4.79 Å². The minimum Gasteiger partial charge on any atom is -0.337 e. The number of hydrogen-bond donors (Lipinski definition) is 3. The van der Waals surface area contributed by atoms with Gasteiger partial charge < -0.3 is 5.32 Å². The van der Waals surface area contributed by atoms with Crippen LogP contribution in [0.4, 0.5) is 4.79 Å². The molecule has 0 spiro atoms. The molecule has 0 aliphatic heterocycles. The van der Waals surface area contributed by atoms with E-state index in [-0.39, 0.29) is 6.03 Å². The number of hydrogen-bond acceptors (Lipinski definition) is 4. The largest absolute Gasteiger partial charge is 0.337 e. The van der Waals surface area contributed by atoms with Crippen LogP contribution in [0, 0.1) is 6.92 Å². The van der Waals surface area contributed by atoms with Gasteiger partial charge in [-0.25, -0.2) is 15.6 Å². The van der Waals surface area contributed by atoms with E-state index >= 15 is 0 Å². The van der Waals surface area contributed by atoms with E-state index in [0.29, 0.717) is 6.54 Å². The summed E-state index contributed by atoms with van der Waals surface area (Å²) in [5, 5.41) is 5.60. The molecule has 1 aromatic heterocycles. The van der Waals surface area contributed by atoms with Crippen molar-refractivity contribution in [3.8, 4) is 0 Å². The number of aromatic nitrogens is 1. The molecular formula is C7H12N4OS. The molecule has 0 radical (unpaired) electrons. The number of carbonyl (C=O) groups is 1. The number of hydrazine groups is 1. The Kier molecular flexibility index (Phi) is 3.66. The van der Waals surface area contributed by atoms with Crippen LogP contribution in [0.1, 0.15) is 10.7 Å². The lowest BCUT2D eigenvalue weighted by Gasteiger charge is -2.01. The van der Waals surface area contributed by atoms with Gasteiger partial charge in [0.2, 0.25) is 0 Å². The van der Waals surface area contributed by atoms with Crippen molar-refractivity contribution in [2.75, 3.05) is 6.54 Å². The third-order valence-electron chi connectivity index (χ3n) is 1.46. The number of rotatable bonds is 3. The van der Waals surface area contributed by atoms with Gasteiger partial charge in [-0.15, -0.1) is 11.3 Å². The Morgan fingerprint density at radius 2 is 2.54 bits per heavy atom. The average Bonchev–Trinajstić information content (AvgIpc) is 2.51. The Bertz CT molecular complexity index is 286. The van der Waals surface area contributed by atoms with Crippen LogP contribution in [-0.4, -0.2) is 17.6 Å². The first-order chi connectivity index (χ1) is 6.22. The minimum atomic E-state index is -0.369. The summed E-state index contributed by atoms with van der Waals surface area (Å²) in [5.74, 6) is 4.88. The highest BCUT2D eigenvalue weighted by Gasteiger charge is 1.99. The highest BCUT2D eigenvalue weighted by Crippen LogP contribution is 2.07. The molecule has 1 rings (SSSR count). The standard InChI is InChI=1S/C7H12N4OS/c1-5-10-6(4-13-5)2-3-9-7(12)11-8/h4H,2-3,8H2,1H3,(H2,9,11,12). The Morgan fingerprint density at radius 1 is 1.77 bits per heavy atom. The van der Waals surface area contributed by atoms with Crippen LogP contribution in [0.15, 0.2) is 5.38 Å². The van der Waals surface area contributed by atoms with Crippen LogP contribution in [0.5, 0.6) is 0 Å². The van der Waals surface area contributed by atoms with Gasteiger partial charge in [-0.1, -0.05) is 0 Å². The second-order valence-electron chi connectivity index (χ2n) is 2.51. The monoisotopic (exact) mass is 200 g/mol. The van der Waals surface area contributed by atoms with Crippen molar-refractivity contribution in [1.29, 1.82) is 0 Å². The molecule has 0 unspecified atom stereocenters. The van der Waals surface area contributed by atoms with E-state index in [0.717, 1.165) is 17.1 Å². The van der Waals surface area contributed by atoms with Gasteiger partial charge in [0.25, 0.3) is 0 Å². The van der Waals surface area contributed by atoms with Crippen LogP contribution in [0.3, 0.4) is 0 Å². The number of amides is 2. The number of carbonyl (C=O) groups excluding carboxylic acids is 1. The first-order valence-corrected chi connectivity index (χ1v) is 4.76. The molecule has 13 heavy (non-hydrogen) atoms. The van der Waals surface area contributed by atoms with E-state index in [4.69, 9.17) is 5.84 Å². The van der Waals surface area contributed by atoms with Gasteiger partial charge in [0.15, 0.2) is 0 Å². The Morgan fingerprint density at radius 3 is 3.08 bits per heavy atom. The molecule has 0 aliphatic carbocycles. The summed E-state index contributed by atoms with van der Waals surface area (Å²) in [5.41, 5.74) is 2.99. The summed E-state index contributed by atoms with van der Waals surface area (Å²) in [4.78, 5) is 14.9. The van der Waals surface area contributed by atoms with E-state index < -0.39 is 0 Å². The molecule has 0 aliphatic rings. The molecule has 4 N–H and O–H groups in total. The summed E-state index contributed by atoms with van der Waals surface area (Å²) in [6, 6.07) is -0.369. The van der Waals surface area contributed by atoms with Gasteiger partial charge in [0.05, 0.1) is 10.7 Å². The van der Waals surface area contributed by atoms with Gasteiger partial charge >= 0.3 is 6.03 Å². The second-order valence-corrected chi connectivity index (χ2v) is 3.57. The molecule has 0 saturated carbocycles. The molecule has 0 atom stereocenters. The molecule has 0 fully saturated rings. The fourth-order valence-corrected chi connectivity index (χ4v) is 1.53. The number of nitrogens with two attached hydrogens (primary N) is 1. The topological polar surface area (TPSA) is 80.0 Å². The zero-order valence-corrected chi connectivity index (χ0v) is 8.15. The smallest absolute Gasteiger partial charge is 0.328 e. The Balaban J connectivity index is 2.24. The number of aryl methyl sites for hydroxylation is 1. The fourth-order valence-electron chi connectivity index (χ4n) is 0.878. The minimum absolute atomic E-state index is 0.369. The maximum absolute atomic E-state index is 10.6. The zero-order valence-electron chi connectivity index (χ0n) is 7.33. The van der Waals surface area contributed by atoms with Crippen molar-refractivity contribution in [2.24, 2.45) is 5.84 Å². The van der Waals surface area contributed by atoms with Crippen molar-refractivity contribution in [3.05, 3.63) is 16.1 Å². The predicted molar refractivity (Wildman–Crippen MR) is 51.3 cm³/mol. The quantitative estimate of drug-likeness (QED) is 0.369. The fraction of sp³-hybridized carbons (Fsp3) is 0.429. The Labute approximate surface area is 80.3 Å². The van der Waals surface area contributed by atoms with E-state index in [1.165, 1.54) is 0 Å². The average molecular weight is 200 g/mol. The van der Waals surface area contributed by atoms with Crippen LogP contribution < -0.4 is 16.6 Å². The number of urea groups is 1. The van der Waals surface area contributed by atoms with Crippen molar-refractivity contribution >= 4 is 17.4 Å². The molecule has 72 valence electrons.